The lowest BCUT2D eigenvalue weighted by Gasteiger charge is -2.36. The molecule has 0 amide bonds. The minimum atomic E-state index is -4.88. The molecule has 0 aliphatic carbocycles. The van der Waals surface area contributed by atoms with E-state index < -0.39 is 28.9 Å². The molecule has 1 atom stereocenters. The van der Waals surface area contributed by atoms with E-state index in [2.05, 4.69) is 11.9 Å². The standard InChI is InChI=1S/C24H25F6NO.C2H6/c1-17-6-5-9-22(10-11-31-17,19-7-3-2-4-8-19)16-32-15-18-12-20(23(25,26)27)14-21(13-18)24(28,29)30;1-2/h2-4,7-8,12-14,31H,1,5-6,9-11,15-16H2;1-2H3. The van der Waals surface area contributed by atoms with Crippen molar-refractivity contribution in [2.75, 3.05) is 13.2 Å². The van der Waals surface area contributed by atoms with Gasteiger partial charge < -0.3 is 10.1 Å². The Bertz CT molecular complexity index is 877. The highest BCUT2D eigenvalue weighted by atomic mass is 19.4. The fourth-order valence-corrected chi connectivity index (χ4v) is 4.11. The second kappa shape index (κ2) is 11.8. The molecule has 0 radical (unpaired) electrons. The summed E-state index contributed by atoms with van der Waals surface area (Å²) < 4.78 is 84.5. The molecule has 188 valence electrons. The van der Waals surface area contributed by atoms with Crippen LogP contribution in [0, 0.1) is 0 Å². The largest absolute Gasteiger partial charge is 0.416 e. The number of hydrogen-bond donors (Lipinski definition) is 1. The van der Waals surface area contributed by atoms with Crippen molar-refractivity contribution in [2.45, 2.75) is 63.9 Å². The fourth-order valence-electron chi connectivity index (χ4n) is 4.11. The maximum Gasteiger partial charge on any atom is 0.416 e. The second-order valence-corrected chi connectivity index (χ2v) is 8.19. The van der Waals surface area contributed by atoms with Gasteiger partial charge in [-0.2, -0.15) is 26.3 Å². The topological polar surface area (TPSA) is 21.3 Å². The molecule has 2 aromatic rings. The molecule has 1 heterocycles. The number of hydrogen-bond acceptors (Lipinski definition) is 2. The van der Waals surface area contributed by atoms with Crippen molar-refractivity contribution in [3.63, 3.8) is 0 Å². The van der Waals surface area contributed by atoms with Crippen LogP contribution in [0.5, 0.6) is 0 Å². The molecule has 1 saturated heterocycles. The number of allylic oxidation sites excluding steroid dienone is 1. The van der Waals surface area contributed by atoms with Crippen LogP contribution in [-0.2, 0) is 29.1 Å². The fraction of sp³-hybridized carbons (Fsp3) is 0.462. The van der Waals surface area contributed by atoms with Crippen molar-refractivity contribution in [3.8, 4) is 0 Å². The van der Waals surface area contributed by atoms with E-state index in [4.69, 9.17) is 4.74 Å². The van der Waals surface area contributed by atoms with Crippen LogP contribution >= 0.6 is 0 Å². The first kappa shape index (κ1) is 27.8. The van der Waals surface area contributed by atoms with Crippen LogP contribution in [0.4, 0.5) is 26.3 Å². The van der Waals surface area contributed by atoms with Crippen LogP contribution in [0.2, 0.25) is 0 Å². The third-order valence-corrected chi connectivity index (χ3v) is 5.79. The smallest absolute Gasteiger partial charge is 0.389 e. The summed E-state index contributed by atoms with van der Waals surface area (Å²) in [5.74, 6) is 0. The zero-order valence-electron chi connectivity index (χ0n) is 19.5. The van der Waals surface area contributed by atoms with E-state index in [1.165, 1.54) is 0 Å². The molecule has 1 unspecified atom stereocenters. The molecule has 1 N–H and O–H groups in total. The van der Waals surface area contributed by atoms with Gasteiger partial charge in [0.1, 0.15) is 0 Å². The number of halogens is 6. The van der Waals surface area contributed by atoms with Gasteiger partial charge in [-0.15, -0.1) is 0 Å². The summed E-state index contributed by atoms with van der Waals surface area (Å²) in [5.41, 5.74) is -1.24. The van der Waals surface area contributed by atoms with Crippen LogP contribution in [0.3, 0.4) is 0 Å². The van der Waals surface area contributed by atoms with Gasteiger partial charge in [-0.05, 0) is 55.0 Å². The van der Waals surface area contributed by atoms with Gasteiger partial charge in [0.05, 0.1) is 24.3 Å². The minimum absolute atomic E-state index is 0.127. The summed E-state index contributed by atoms with van der Waals surface area (Å²) in [5, 5.41) is 3.27. The Kier molecular flexibility index (Phi) is 9.62. The van der Waals surface area contributed by atoms with E-state index in [1.807, 2.05) is 44.2 Å². The molecule has 1 fully saturated rings. The Balaban J connectivity index is 0.00000199. The van der Waals surface area contributed by atoms with Gasteiger partial charge in [0.25, 0.3) is 0 Å². The molecule has 2 aromatic carbocycles. The second-order valence-electron chi connectivity index (χ2n) is 8.19. The molecule has 2 nitrogen and oxygen atoms in total. The monoisotopic (exact) mass is 487 g/mol. The van der Waals surface area contributed by atoms with Gasteiger partial charge in [-0.25, -0.2) is 0 Å². The van der Waals surface area contributed by atoms with Gasteiger partial charge in [0, 0.05) is 17.7 Å². The molecule has 0 bridgehead atoms. The molecule has 3 rings (SSSR count). The van der Waals surface area contributed by atoms with Crippen LogP contribution in [-0.4, -0.2) is 13.2 Å². The summed E-state index contributed by atoms with van der Waals surface area (Å²) >= 11 is 0. The normalized spacial score (nSPS) is 19.4. The molecule has 0 spiro atoms. The molecule has 34 heavy (non-hydrogen) atoms. The first-order chi connectivity index (χ1) is 16.0. The zero-order chi connectivity index (χ0) is 25.4. The van der Waals surface area contributed by atoms with Gasteiger partial charge in [0.15, 0.2) is 0 Å². The van der Waals surface area contributed by atoms with Crippen molar-refractivity contribution in [2.24, 2.45) is 0 Å². The van der Waals surface area contributed by atoms with Gasteiger partial charge >= 0.3 is 12.4 Å². The summed E-state index contributed by atoms with van der Waals surface area (Å²) in [4.78, 5) is 0. The molecule has 0 saturated carbocycles. The minimum Gasteiger partial charge on any atom is -0.389 e. The van der Waals surface area contributed by atoms with Crippen molar-refractivity contribution >= 4 is 0 Å². The number of nitrogens with one attached hydrogen (secondary N) is 1. The zero-order valence-corrected chi connectivity index (χ0v) is 19.5. The van der Waals surface area contributed by atoms with E-state index in [1.54, 1.807) is 0 Å². The highest BCUT2D eigenvalue weighted by Crippen LogP contribution is 2.38. The Labute approximate surface area is 197 Å². The molecule has 0 aromatic heterocycles. The molecule has 8 heteroatoms. The third kappa shape index (κ3) is 7.52. The highest BCUT2D eigenvalue weighted by molar-refractivity contribution is 5.33. The van der Waals surface area contributed by atoms with Crippen LogP contribution in [0.1, 0.15) is 61.8 Å². The van der Waals surface area contributed by atoms with Crippen molar-refractivity contribution in [1.29, 1.82) is 0 Å². The van der Waals surface area contributed by atoms with E-state index in [-0.39, 0.29) is 24.8 Å². The van der Waals surface area contributed by atoms with Crippen LogP contribution in [0.15, 0.2) is 60.8 Å². The number of ether oxygens (including phenoxy) is 1. The number of alkyl halides is 6. The average Bonchev–Trinajstić information content (AvgIpc) is 2.78. The first-order valence-electron chi connectivity index (χ1n) is 11.3. The Hall–Kier alpha value is -2.48. The summed E-state index contributed by atoms with van der Waals surface area (Å²) in [6.45, 7) is 8.46. The van der Waals surface area contributed by atoms with Crippen molar-refractivity contribution in [3.05, 3.63) is 83.1 Å². The SMILES string of the molecule is C=C1CCCC(COCc2cc(C(F)(F)F)cc(C(F)(F)F)c2)(c2ccccc2)CCN1.CC. The Morgan fingerprint density at radius 3 is 2.06 bits per heavy atom. The molecular weight excluding hydrogens is 456 g/mol. The predicted molar refractivity (Wildman–Crippen MR) is 121 cm³/mol. The van der Waals surface area contributed by atoms with Gasteiger partial charge in [0.2, 0.25) is 0 Å². The number of rotatable bonds is 5. The van der Waals surface area contributed by atoms with Gasteiger partial charge in [-0.3, -0.25) is 0 Å². The summed E-state index contributed by atoms with van der Waals surface area (Å²) in [7, 11) is 0. The lowest BCUT2D eigenvalue weighted by molar-refractivity contribution is -0.143. The third-order valence-electron chi connectivity index (χ3n) is 5.79. The Morgan fingerprint density at radius 1 is 0.912 bits per heavy atom. The van der Waals surface area contributed by atoms with E-state index in [9.17, 15) is 26.3 Å². The first-order valence-corrected chi connectivity index (χ1v) is 11.3. The van der Waals surface area contributed by atoms with E-state index in [0.717, 1.165) is 30.5 Å². The van der Waals surface area contributed by atoms with E-state index in [0.29, 0.717) is 25.1 Å². The lowest BCUT2D eigenvalue weighted by atomic mass is 9.73. The quantitative estimate of drug-likeness (QED) is 0.433. The Morgan fingerprint density at radius 2 is 1.50 bits per heavy atom. The van der Waals surface area contributed by atoms with Crippen LogP contribution in [0.25, 0.3) is 0 Å². The lowest BCUT2D eigenvalue weighted by Crippen LogP contribution is -2.37. The van der Waals surface area contributed by atoms with Crippen molar-refractivity contribution in [1.82, 2.24) is 5.32 Å². The highest BCUT2D eigenvalue weighted by Gasteiger charge is 2.37. The van der Waals surface area contributed by atoms with Gasteiger partial charge in [-0.1, -0.05) is 50.8 Å². The summed E-state index contributed by atoms with van der Waals surface area (Å²) in [6.07, 6.45) is -6.66. The van der Waals surface area contributed by atoms with E-state index >= 15 is 0 Å². The average molecular weight is 488 g/mol. The molecule has 1 aliphatic rings. The molecular formula is C26H31F6NO. The van der Waals surface area contributed by atoms with Crippen molar-refractivity contribution < 1.29 is 31.1 Å². The molecule has 1 aliphatic heterocycles. The van der Waals surface area contributed by atoms with Crippen LogP contribution < -0.4 is 5.32 Å². The summed E-state index contributed by atoms with van der Waals surface area (Å²) in [6, 6.07) is 11.2. The number of benzene rings is 2. The maximum atomic E-state index is 13.1. The maximum absolute atomic E-state index is 13.1. The predicted octanol–water partition coefficient (Wildman–Crippen LogP) is 7.88.